The van der Waals surface area contributed by atoms with Crippen LogP contribution in [0.2, 0.25) is 0 Å². The Balaban J connectivity index is 0.000000227. The lowest BCUT2D eigenvalue weighted by Gasteiger charge is -2.35. The van der Waals surface area contributed by atoms with E-state index in [2.05, 4.69) is 14.9 Å². The van der Waals surface area contributed by atoms with Gasteiger partial charge in [-0.3, -0.25) is 9.69 Å². The highest BCUT2D eigenvalue weighted by Gasteiger charge is 2.48. The third kappa shape index (κ3) is 4.64. The fourth-order valence-corrected chi connectivity index (χ4v) is 5.73. The van der Waals surface area contributed by atoms with Crippen LogP contribution in [0.4, 0.5) is 23.4 Å². The van der Waals surface area contributed by atoms with Crippen LogP contribution in [0, 0.1) is 23.6 Å². The second-order valence-corrected chi connectivity index (χ2v) is 11.0. The van der Waals surface area contributed by atoms with Crippen LogP contribution in [0.5, 0.6) is 0 Å². The number of amides is 1. The van der Waals surface area contributed by atoms with Gasteiger partial charge in [-0.2, -0.15) is 18.2 Å². The lowest BCUT2D eigenvalue weighted by atomic mass is 9.89. The molecule has 2 saturated carbocycles. The molecule has 2 aliphatic carbocycles. The minimum atomic E-state index is -3.52. The van der Waals surface area contributed by atoms with E-state index in [4.69, 9.17) is 5.73 Å². The fraction of sp³-hybridized carbons (Fsp3) is 0.414. The number of halogens is 4. The number of carbonyl (C=O) groups excluding carboxylic acids is 1. The van der Waals surface area contributed by atoms with E-state index in [1.807, 2.05) is 5.32 Å². The Morgan fingerprint density at radius 3 is 2.33 bits per heavy atom. The molecule has 1 amide bonds. The molecule has 39 heavy (non-hydrogen) atoms. The van der Waals surface area contributed by atoms with Gasteiger partial charge in [0.2, 0.25) is 5.95 Å². The van der Waals surface area contributed by atoms with E-state index in [-0.39, 0.29) is 17.0 Å². The van der Waals surface area contributed by atoms with Gasteiger partial charge >= 0.3 is 0 Å². The van der Waals surface area contributed by atoms with Crippen molar-refractivity contribution in [2.24, 2.45) is 11.8 Å². The van der Waals surface area contributed by atoms with Crippen molar-refractivity contribution in [1.29, 1.82) is 0 Å². The van der Waals surface area contributed by atoms with Crippen LogP contribution in [0.1, 0.15) is 48.5 Å². The number of anilines is 1. The van der Waals surface area contributed by atoms with Gasteiger partial charge in [0, 0.05) is 35.8 Å². The molecule has 204 valence electrons. The summed E-state index contributed by atoms with van der Waals surface area (Å²) in [6.45, 7) is 4.02. The second-order valence-electron chi connectivity index (χ2n) is 11.0. The molecule has 3 aromatic rings. The summed E-state index contributed by atoms with van der Waals surface area (Å²) in [6.07, 6.45) is 6.05. The molecule has 2 aromatic carbocycles. The van der Waals surface area contributed by atoms with E-state index in [9.17, 15) is 22.4 Å². The summed E-state index contributed by atoms with van der Waals surface area (Å²) in [5.74, 6) is -4.68. The third-order valence-corrected chi connectivity index (χ3v) is 8.37. The quantitative estimate of drug-likeness (QED) is 0.437. The van der Waals surface area contributed by atoms with Gasteiger partial charge in [-0.05, 0) is 50.2 Å². The Kier molecular flexibility index (Phi) is 6.32. The molecule has 3 fully saturated rings. The fourth-order valence-electron chi connectivity index (χ4n) is 5.73. The number of nitrogens with zero attached hydrogens (tertiary/aromatic N) is 3. The molecule has 0 bridgehead atoms. The largest absolute Gasteiger partial charge is 0.382 e. The van der Waals surface area contributed by atoms with Gasteiger partial charge in [0.05, 0.1) is 11.6 Å². The van der Waals surface area contributed by atoms with Crippen LogP contribution in [-0.4, -0.2) is 45.9 Å². The third-order valence-electron chi connectivity index (χ3n) is 8.37. The molecular formula is C29H29F4N5O. The number of alkyl halides is 2. The van der Waals surface area contributed by atoms with Crippen molar-refractivity contribution < 1.29 is 22.4 Å². The number of nitrogen functional groups attached to an aromatic ring is 1. The molecule has 4 aliphatic rings. The number of piperidine rings is 1. The number of nitrogens with two attached hydrogens (primary N) is 1. The van der Waals surface area contributed by atoms with Crippen LogP contribution in [0.15, 0.2) is 42.5 Å². The van der Waals surface area contributed by atoms with Crippen molar-refractivity contribution in [2.45, 2.75) is 50.6 Å². The Morgan fingerprint density at radius 1 is 1.00 bits per heavy atom. The van der Waals surface area contributed by atoms with Crippen molar-refractivity contribution in [1.82, 2.24) is 20.2 Å². The van der Waals surface area contributed by atoms with E-state index in [0.717, 1.165) is 36.9 Å². The van der Waals surface area contributed by atoms with Crippen molar-refractivity contribution >= 4 is 11.7 Å². The summed E-state index contributed by atoms with van der Waals surface area (Å²) in [5, 5.41) is 2.04. The molecule has 3 N–H and O–H groups in total. The molecular weight excluding hydrogens is 510 g/mol. The number of benzene rings is 2. The average molecular weight is 540 g/mol. The zero-order valence-corrected chi connectivity index (χ0v) is 21.4. The SMILES string of the molecule is C1CC(N2CC3CC3C2)C1.CC1NC(=O)c2c(F)cc(-c3nc(-c4ccccc4)c(F)nc3N)cc2C1(F)F. The predicted octanol–water partition coefficient (Wildman–Crippen LogP) is 5.39. The first-order valence-corrected chi connectivity index (χ1v) is 13.3. The maximum absolute atomic E-state index is 14.6. The molecule has 2 aliphatic heterocycles. The number of hydrogen-bond acceptors (Lipinski definition) is 5. The first-order chi connectivity index (χ1) is 18.6. The highest BCUT2D eigenvalue weighted by molar-refractivity contribution is 5.98. The maximum Gasteiger partial charge on any atom is 0.293 e. The van der Waals surface area contributed by atoms with Gasteiger partial charge in [0.25, 0.3) is 11.8 Å². The average Bonchev–Trinajstić information content (AvgIpc) is 3.47. The van der Waals surface area contributed by atoms with Gasteiger partial charge in [-0.15, -0.1) is 0 Å². The molecule has 3 atom stereocenters. The summed E-state index contributed by atoms with van der Waals surface area (Å²) < 4.78 is 58.2. The number of fused-ring (bicyclic) bond motifs is 2. The summed E-state index contributed by atoms with van der Waals surface area (Å²) in [7, 11) is 0. The van der Waals surface area contributed by atoms with E-state index >= 15 is 0 Å². The Hall–Kier alpha value is -3.53. The number of carbonyl (C=O) groups is 1. The minimum Gasteiger partial charge on any atom is -0.382 e. The zero-order valence-electron chi connectivity index (χ0n) is 21.4. The molecule has 1 aromatic heterocycles. The number of hydrogen-bond donors (Lipinski definition) is 2. The normalized spacial score (nSPS) is 25.1. The Labute approximate surface area is 223 Å². The van der Waals surface area contributed by atoms with Crippen molar-refractivity contribution in [3.63, 3.8) is 0 Å². The van der Waals surface area contributed by atoms with E-state index in [0.29, 0.717) is 5.56 Å². The lowest BCUT2D eigenvalue weighted by Crippen LogP contribution is -2.49. The Bertz CT molecular complexity index is 1420. The number of nitrogens with one attached hydrogen (secondary N) is 1. The maximum atomic E-state index is 14.6. The molecule has 10 heteroatoms. The van der Waals surface area contributed by atoms with Crippen molar-refractivity contribution in [3.05, 3.63) is 65.4 Å². The molecule has 7 rings (SSSR count). The zero-order chi connectivity index (χ0) is 27.5. The van der Waals surface area contributed by atoms with Crippen LogP contribution in [0.3, 0.4) is 0 Å². The van der Waals surface area contributed by atoms with Crippen molar-refractivity contribution in [3.8, 4) is 22.5 Å². The monoisotopic (exact) mass is 539 g/mol. The van der Waals surface area contributed by atoms with Gasteiger partial charge in [0.15, 0.2) is 5.82 Å². The Morgan fingerprint density at radius 2 is 1.69 bits per heavy atom. The van der Waals surface area contributed by atoms with Crippen molar-refractivity contribution in [2.75, 3.05) is 18.8 Å². The van der Waals surface area contributed by atoms with Gasteiger partial charge in [-0.25, -0.2) is 9.37 Å². The number of likely N-dealkylation sites (tertiary alicyclic amines) is 1. The summed E-state index contributed by atoms with van der Waals surface area (Å²) in [6, 6.07) is 9.50. The number of aromatic nitrogens is 2. The van der Waals surface area contributed by atoms with Crippen LogP contribution >= 0.6 is 0 Å². The minimum absolute atomic E-state index is 0.134. The first kappa shape index (κ1) is 25.7. The van der Waals surface area contributed by atoms with Crippen LogP contribution in [-0.2, 0) is 5.92 Å². The molecule has 3 heterocycles. The summed E-state index contributed by atoms with van der Waals surface area (Å²) in [4.78, 5) is 22.5. The van der Waals surface area contributed by atoms with E-state index in [1.165, 1.54) is 32.4 Å². The van der Waals surface area contributed by atoms with Crippen LogP contribution in [0.25, 0.3) is 22.5 Å². The summed E-state index contributed by atoms with van der Waals surface area (Å²) in [5.41, 5.74) is 4.15. The molecule has 0 radical (unpaired) electrons. The highest BCUT2D eigenvalue weighted by atomic mass is 19.3. The van der Waals surface area contributed by atoms with E-state index in [1.54, 1.807) is 36.8 Å². The van der Waals surface area contributed by atoms with Gasteiger partial charge in [0.1, 0.15) is 17.2 Å². The summed E-state index contributed by atoms with van der Waals surface area (Å²) >= 11 is 0. The second kappa shape index (κ2) is 9.59. The lowest BCUT2D eigenvalue weighted by molar-refractivity contribution is -0.0417. The van der Waals surface area contributed by atoms with E-state index < -0.39 is 46.6 Å². The molecule has 3 unspecified atom stereocenters. The molecule has 1 saturated heterocycles. The molecule has 6 nitrogen and oxygen atoms in total. The predicted molar refractivity (Wildman–Crippen MR) is 139 cm³/mol. The molecule has 0 spiro atoms. The van der Waals surface area contributed by atoms with Crippen LogP contribution < -0.4 is 11.1 Å². The topological polar surface area (TPSA) is 84.1 Å². The highest BCUT2D eigenvalue weighted by Crippen LogP contribution is 2.47. The smallest absolute Gasteiger partial charge is 0.293 e. The number of rotatable bonds is 3. The first-order valence-electron chi connectivity index (χ1n) is 13.3. The van der Waals surface area contributed by atoms with Gasteiger partial charge in [-0.1, -0.05) is 36.8 Å². The standard InChI is InChI=1S/C20H14F4N4O.C9H15N/c1-9-20(23,24)12-7-11(8-13(21)14(12)19(29)26-9)16-18(25)28-17(22)15(27-16)10-5-3-2-4-6-10;1-2-9(3-1)10-5-7-4-8(7)6-10/h2-9H,1H3,(H2,25,28)(H,26,29);7-9H,1-6H2. The van der Waals surface area contributed by atoms with Gasteiger partial charge < -0.3 is 11.1 Å².